The molecule has 2 aromatic rings. The van der Waals surface area contributed by atoms with Crippen molar-refractivity contribution in [3.8, 4) is 5.88 Å². The van der Waals surface area contributed by atoms with Crippen LogP contribution in [0.1, 0.15) is 10.4 Å². The molecule has 1 heterocycles. The normalized spacial score (nSPS) is 9.83. The number of nitrogens with one attached hydrogen (secondary N) is 1. The summed E-state index contributed by atoms with van der Waals surface area (Å²) in [5.74, 6) is 0.392. The molecule has 0 spiro atoms. The van der Waals surface area contributed by atoms with Crippen molar-refractivity contribution in [1.29, 1.82) is 0 Å². The SMILES string of the molecule is COc1ccc(NC(=O)c2ccccc2N)nn1. The van der Waals surface area contributed by atoms with Crippen molar-refractivity contribution in [2.45, 2.75) is 0 Å². The van der Waals surface area contributed by atoms with E-state index < -0.39 is 0 Å². The molecule has 0 bridgehead atoms. The number of nitrogens with two attached hydrogens (primary N) is 1. The Kier molecular flexibility index (Phi) is 3.38. The fourth-order valence-corrected chi connectivity index (χ4v) is 1.38. The van der Waals surface area contributed by atoms with Gasteiger partial charge in [0.2, 0.25) is 5.88 Å². The Morgan fingerprint density at radius 1 is 1.22 bits per heavy atom. The molecule has 92 valence electrons. The fourth-order valence-electron chi connectivity index (χ4n) is 1.38. The molecule has 0 atom stereocenters. The smallest absolute Gasteiger partial charge is 0.258 e. The summed E-state index contributed by atoms with van der Waals surface area (Å²) in [5, 5.41) is 10.1. The second-order valence-electron chi connectivity index (χ2n) is 3.50. The number of carbonyl (C=O) groups excluding carboxylic acids is 1. The van der Waals surface area contributed by atoms with E-state index in [0.29, 0.717) is 22.9 Å². The molecule has 0 aliphatic heterocycles. The number of anilines is 2. The lowest BCUT2D eigenvalue weighted by atomic mass is 10.1. The maximum absolute atomic E-state index is 11.9. The molecule has 1 amide bonds. The molecule has 0 unspecified atom stereocenters. The van der Waals surface area contributed by atoms with Gasteiger partial charge in [-0.1, -0.05) is 12.1 Å². The van der Waals surface area contributed by atoms with E-state index in [1.54, 1.807) is 36.4 Å². The molecule has 0 radical (unpaired) electrons. The number of nitrogens with zero attached hydrogens (tertiary/aromatic N) is 2. The highest BCUT2D eigenvalue weighted by Gasteiger charge is 2.09. The largest absolute Gasteiger partial charge is 0.480 e. The Morgan fingerprint density at radius 3 is 2.61 bits per heavy atom. The molecule has 3 N–H and O–H groups in total. The van der Waals surface area contributed by atoms with E-state index in [1.807, 2.05) is 0 Å². The minimum Gasteiger partial charge on any atom is -0.480 e. The Balaban J connectivity index is 2.14. The second-order valence-corrected chi connectivity index (χ2v) is 3.50. The molecule has 1 aromatic heterocycles. The highest BCUT2D eigenvalue weighted by Crippen LogP contribution is 2.13. The lowest BCUT2D eigenvalue weighted by molar-refractivity contribution is 0.102. The molecule has 0 aliphatic rings. The van der Waals surface area contributed by atoms with Gasteiger partial charge in [-0.15, -0.1) is 10.2 Å². The third-order valence-electron chi connectivity index (χ3n) is 2.30. The monoisotopic (exact) mass is 244 g/mol. The number of para-hydroxylation sites is 1. The average Bonchev–Trinajstić information content (AvgIpc) is 2.40. The molecule has 0 fully saturated rings. The van der Waals surface area contributed by atoms with Crippen LogP contribution >= 0.6 is 0 Å². The number of methoxy groups -OCH3 is 1. The van der Waals surface area contributed by atoms with Crippen LogP contribution in [-0.4, -0.2) is 23.2 Å². The van der Waals surface area contributed by atoms with Crippen molar-refractivity contribution < 1.29 is 9.53 Å². The van der Waals surface area contributed by atoms with Crippen molar-refractivity contribution in [2.24, 2.45) is 0 Å². The zero-order valence-electron chi connectivity index (χ0n) is 9.75. The third-order valence-corrected chi connectivity index (χ3v) is 2.30. The van der Waals surface area contributed by atoms with E-state index in [2.05, 4.69) is 15.5 Å². The van der Waals surface area contributed by atoms with Gasteiger partial charge in [0.25, 0.3) is 5.91 Å². The summed E-state index contributed by atoms with van der Waals surface area (Å²) in [7, 11) is 1.49. The van der Waals surface area contributed by atoms with Crippen LogP contribution < -0.4 is 15.8 Å². The predicted octanol–water partition coefficient (Wildman–Crippen LogP) is 1.32. The van der Waals surface area contributed by atoms with E-state index in [4.69, 9.17) is 10.5 Å². The van der Waals surface area contributed by atoms with E-state index in [9.17, 15) is 4.79 Å². The molecule has 2 rings (SSSR count). The first kappa shape index (κ1) is 11.8. The summed E-state index contributed by atoms with van der Waals surface area (Å²) in [5.41, 5.74) is 6.52. The van der Waals surface area contributed by atoms with Gasteiger partial charge in [0.05, 0.1) is 12.7 Å². The van der Waals surface area contributed by atoms with Crippen molar-refractivity contribution in [3.63, 3.8) is 0 Å². The van der Waals surface area contributed by atoms with Crippen LogP contribution in [0.5, 0.6) is 5.88 Å². The number of hydrogen-bond acceptors (Lipinski definition) is 5. The standard InChI is InChI=1S/C12H12N4O2/c1-18-11-7-6-10(15-16-11)14-12(17)8-4-2-3-5-9(8)13/h2-7H,13H2,1H3,(H,14,15,17). The number of nitrogen functional groups attached to an aromatic ring is 1. The molecule has 0 saturated heterocycles. The van der Waals surface area contributed by atoms with Gasteiger partial charge >= 0.3 is 0 Å². The van der Waals surface area contributed by atoms with Gasteiger partial charge in [0, 0.05) is 11.8 Å². The third kappa shape index (κ3) is 2.54. The fraction of sp³-hybridized carbons (Fsp3) is 0.0833. The summed E-state index contributed by atoms with van der Waals surface area (Å²) < 4.78 is 4.87. The molecular weight excluding hydrogens is 232 g/mol. The van der Waals surface area contributed by atoms with Gasteiger partial charge < -0.3 is 15.8 Å². The average molecular weight is 244 g/mol. The van der Waals surface area contributed by atoms with E-state index in [1.165, 1.54) is 7.11 Å². The lowest BCUT2D eigenvalue weighted by Crippen LogP contribution is -2.15. The Labute approximate surface area is 104 Å². The van der Waals surface area contributed by atoms with Crippen LogP contribution in [0, 0.1) is 0 Å². The Hall–Kier alpha value is -2.63. The minimum absolute atomic E-state index is 0.326. The van der Waals surface area contributed by atoms with E-state index in [0.717, 1.165) is 0 Å². The summed E-state index contributed by atoms with van der Waals surface area (Å²) in [6, 6.07) is 10.0. The quantitative estimate of drug-likeness (QED) is 0.795. The lowest BCUT2D eigenvalue weighted by Gasteiger charge is -2.06. The first-order valence-corrected chi connectivity index (χ1v) is 5.24. The number of amides is 1. The summed E-state index contributed by atoms with van der Waals surface area (Å²) in [4.78, 5) is 11.9. The second kappa shape index (κ2) is 5.13. The molecule has 6 heteroatoms. The molecule has 18 heavy (non-hydrogen) atoms. The maximum Gasteiger partial charge on any atom is 0.258 e. The Bertz CT molecular complexity index is 554. The topological polar surface area (TPSA) is 90.1 Å². The first-order chi connectivity index (χ1) is 8.70. The molecule has 1 aromatic carbocycles. The highest BCUT2D eigenvalue weighted by molar-refractivity contribution is 6.07. The summed E-state index contributed by atoms with van der Waals surface area (Å²) >= 11 is 0. The van der Waals surface area contributed by atoms with Crippen LogP contribution in [0.2, 0.25) is 0 Å². The zero-order valence-corrected chi connectivity index (χ0v) is 9.75. The van der Waals surface area contributed by atoms with Crippen molar-refractivity contribution in [2.75, 3.05) is 18.2 Å². The first-order valence-electron chi connectivity index (χ1n) is 5.24. The van der Waals surface area contributed by atoms with Gasteiger partial charge in [0.1, 0.15) is 0 Å². The van der Waals surface area contributed by atoms with Gasteiger partial charge in [-0.3, -0.25) is 4.79 Å². The molecule has 0 saturated carbocycles. The van der Waals surface area contributed by atoms with Crippen molar-refractivity contribution in [3.05, 3.63) is 42.0 Å². The number of benzene rings is 1. The van der Waals surface area contributed by atoms with Gasteiger partial charge in [0.15, 0.2) is 5.82 Å². The maximum atomic E-state index is 11.9. The molecule has 6 nitrogen and oxygen atoms in total. The van der Waals surface area contributed by atoms with Gasteiger partial charge in [-0.05, 0) is 18.2 Å². The van der Waals surface area contributed by atoms with Crippen LogP contribution in [0.25, 0.3) is 0 Å². The number of carbonyl (C=O) groups is 1. The predicted molar refractivity (Wildman–Crippen MR) is 67.4 cm³/mol. The van der Waals surface area contributed by atoms with E-state index in [-0.39, 0.29) is 5.91 Å². The highest BCUT2D eigenvalue weighted by atomic mass is 16.5. The minimum atomic E-state index is -0.326. The zero-order chi connectivity index (χ0) is 13.0. The van der Waals surface area contributed by atoms with Crippen LogP contribution in [-0.2, 0) is 0 Å². The Morgan fingerprint density at radius 2 is 2.00 bits per heavy atom. The number of ether oxygens (including phenoxy) is 1. The van der Waals surface area contributed by atoms with Crippen LogP contribution in [0.4, 0.5) is 11.5 Å². The van der Waals surface area contributed by atoms with E-state index >= 15 is 0 Å². The molecular formula is C12H12N4O2. The van der Waals surface area contributed by atoms with Gasteiger partial charge in [-0.25, -0.2) is 0 Å². The van der Waals surface area contributed by atoms with Crippen LogP contribution in [0.3, 0.4) is 0 Å². The van der Waals surface area contributed by atoms with Gasteiger partial charge in [-0.2, -0.15) is 0 Å². The number of rotatable bonds is 3. The number of aromatic nitrogens is 2. The van der Waals surface area contributed by atoms with Crippen molar-refractivity contribution >= 4 is 17.4 Å². The van der Waals surface area contributed by atoms with Crippen LogP contribution in [0.15, 0.2) is 36.4 Å². The summed E-state index contributed by atoms with van der Waals surface area (Å²) in [6.07, 6.45) is 0. The molecule has 0 aliphatic carbocycles. The number of hydrogen-bond donors (Lipinski definition) is 2. The summed E-state index contributed by atoms with van der Waals surface area (Å²) in [6.45, 7) is 0. The van der Waals surface area contributed by atoms with Crippen molar-refractivity contribution in [1.82, 2.24) is 10.2 Å².